The lowest BCUT2D eigenvalue weighted by molar-refractivity contribution is 0.186. The van der Waals surface area contributed by atoms with Gasteiger partial charge in [-0.05, 0) is 56.8 Å². The number of aliphatic hydroxyl groups is 1. The van der Waals surface area contributed by atoms with Crippen molar-refractivity contribution >= 4 is 27.3 Å². The van der Waals surface area contributed by atoms with E-state index in [2.05, 4.69) is 20.2 Å². The summed E-state index contributed by atoms with van der Waals surface area (Å²) in [5.41, 5.74) is 2.25. The Morgan fingerprint density at radius 3 is 2.44 bits per heavy atom. The summed E-state index contributed by atoms with van der Waals surface area (Å²) in [4.78, 5) is 11.0. The van der Waals surface area contributed by atoms with Gasteiger partial charge in [0.05, 0.1) is 5.69 Å². The van der Waals surface area contributed by atoms with Crippen molar-refractivity contribution in [3.63, 3.8) is 0 Å². The molecule has 2 aromatic rings. The Hall–Kier alpha value is -1.78. The summed E-state index contributed by atoms with van der Waals surface area (Å²) in [5.74, 6) is 0.380. The molecule has 1 saturated carbocycles. The second-order valence-electron chi connectivity index (χ2n) is 8.68. The van der Waals surface area contributed by atoms with Crippen molar-refractivity contribution in [2.75, 3.05) is 45.2 Å². The van der Waals surface area contributed by atoms with Crippen LogP contribution >= 0.6 is 11.6 Å². The molecule has 8 nitrogen and oxygen atoms in total. The van der Waals surface area contributed by atoms with Crippen LogP contribution in [0.1, 0.15) is 25.7 Å². The quantitative estimate of drug-likeness (QED) is 0.614. The van der Waals surface area contributed by atoms with Crippen molar-refractivity contribution in [2.45, 2.75) is 36.6 Å². The zero-order chi connectivity index (χ0) is 22.7. The number of hydrogen-bond donors (Lipinski definition) is 2. The number of hydrogen-bond acceptors (Lipinski definition) is 7. The summed E-state index contributed by atoms with van der Waals surface area (Å²) in [7, 11) is -1.57. The number of anilines is 1. The van der Waals surface area contributed by atoms with E-state index in [-0.39, 0.29) is 17.5 Å². The molecule has 2 aromatic heterocycles. The molecule has 1 aliphatic carbocycles. The summed E-state index contributed by atoms with van der Waals surface area (Å²) in [6.45, 7) is 2.64. The first-order valence-electron chi connectivity index (χ1n) is 11.0. The maximum absolute atomic E-state index is 13.0. The van der Waals surface area contributed by atoms with Crippen LogP contribution in [0, 0.1) is 5.92 Å². The molecular weight excluding hydrogens is 450 g/mol. The Labute approximate surface area is 194 Å². The summed E-state index contributed by atoms with van der Waals surface area (Å²) < 4.78 is 27.5. The maximum atomic E-state index is 13.0. The van der Waals surface area contributed by atoms with Gasteiger partial charge in [-0.25, -0.2) is 13.4 Å². The van der Waals surface area contributed by atoms with Crippen LogP contribution in [-0.4, -0.2) is 78.6 Å². The second kappa shape index (κ2) is 10.0. The van der Waals surface area contributed by atoms with E-state index >= 15 is 0 Å². The molecule has 174 valence electrons. The number of nitrogens with one attached hydrogen (secondary N) is 1. The van der Waals surface area contributed by atoms with Gasteiger partial charge < -0.3 is 15.3 Å². The highest BCUT2D eigenvalue weighted by atomic mass is 35.5. The van der Waals surface area contributed by atoms with E-state index < -0.39 is 10.0 Å². The predicted molar refractivity (Wildman–Crippen MR) is 125 cm³/mol. The lowest BCUT2D eigenvalue weighted by Crippen LogP contribution is -2.47. The molecule has 0 radical (unpaired) electrons. The number of rotatable bonds is 6. The zero-order valence-electron chi connectivity index (χ0n) is 18.2. The minimum absolute atomic E-state index is 0.199. The number of likely N-dealkylation sites (N-methyl/N-ethyl adjacent to an activating group) is 1. The van der Waals surface area contributed by atoms with Crippen molar-refractivity contribution in [3.8, 4) is 11.3 Å². The van der Waals surface area contributed by atoms with Gasteiger partial charge in [0.25, 0.3) is 0 Å². The Kier molecular flexibility index (Phi) is 7.31. The van der Waals surface area contributed by atoms with Crippen LogP contribution in [0.2, 0.25) is 5.15 Å². The van der Waals surface area contributed by atoms with Gasteiger partial charge in [-0.1, -0.05) is 11.6 Å². The first-order valence-corrected chi connectivity index (χ1v) is 12.9. The van der Waals surface area contributed by atoms with Crippen molar-refractivity contribution in [1.29, 1.82) is 0 Å². The molecule has 4 rings (SSSR count). The Balaban J connectivity index is 1.53. The molecule has 10 heteroatoms. The SMILES string of the molecule is CN1CCN(S(=O)(=O)c2ccc(-c3cnc(Cl)cc3NC3CCC(CO)CC3)nc2)CC1. The molecule has 32 heavy (non-hydrogen) atoms. The van der Waals surface area contributed by atoms with Crippen LogP contribution in [0.5, 0.6) is 0 Å². The maximum Gasteiger partial charge on any atom is 0.244 e. The molecule has 0 unspecified atom stereocenters. The van der Waals surface area contributed by atoms with Gasteiger partial charge in [-0.2, -0.15) is 4.31 Å². The number of aliphatic hydroxyl groups excluding tert-OH is 1. The minimum atomic E-state index is -3.56. The van der Waals surface area contributed by atoms with Crippen LogP contribution < -0.4 is 5.32 Å². The fraction of sp³-hybridized carbons (Fsp3) is 0.545. The fourth-order valence-corrected chi connectivity index (χ4v) is 5.86. The van der Waals surface area contributed by atoms with Crippen LogP contribution in [0.25, 0.3) is 11.3 Å². The summed E-state index contributed by atoms with van der Waals surface area (Å²) in [6.07, 6.45) is 7.01. The molecule has 2 fully saturated rings. The van der Waals surface area contributed by atoms with Gasteiger partial charge in [0.1, 0.15) is 10.0 Å². The Bertz CT molecular complexity index is 1020. The highest BCUT2D eigenvalue weighted by Crippen LogP contribution is 2.32. The van der Waals surface area contributed by atoms with E-state index in [0.717, 1.165) is 50.0 Å². The monoisotopic (exact) mass is 479 g/mol. The highest BCUT2D eigenvalue weighted by molar-refractivity contribution is 7.89. The average molecular weight is 480 g/mol. The van der Waals surface area contributed by atoms with Gasteiger partial charge in [0.2, 0.25) is 10.0 Å². The van der Waals surface area contributed by atoms with E-state index in [1.807, 2.05) is 7.05 Å². The molecule has 2 N–H and O–H groups in total. The molecule has 1 saturated heterocycles. The molecule has 3 heterocycles. The number of aromatic nitrogens is 2. The lowest BCUT2D eigenvalue weighted by atomic mass is 9.86. The normalized spacial score (nSPS) is 23.2. The van der Waals surface area contributed by atoms with E-state index in [1.165, 1.54) is 10.5 Å². The highest BCUT2D eigenvalue weighted by Gasteiger charge is 2.28. The molecule has 0 aromatic carbocycles. The van der Waals surface area contributed by atoms with Crippen LogP contribution in [0.4, 0.5) is 5.69 Å². The largest absolute Gasteiger partial charge is 0.396 e. The molecule has 0 spiro atoms. The molecule has 1 aliphatic heterocycles. The predicted octanol–water partition coefficient (Wildman–Crippen LogP) is 2.70. The van der Waals surface area contributed by atoms with Crippen LogP contribution in [-0.2, 0) is 10.0 Å². The zero-order valence-corrected chi connectivity index (χ0v) is 19.8. The molecule has 0 amide bonds. The van der Waals surface area contributed by atoms with E-state index in [0.29, 0.717) is 29.9 Å². The van der Waals surface area contributed by atoms with Crippen LogP contribution in [0.3, 0.4) is 0 Å². The topological polar surface area (TPSA) is 98.7 Å². The van der Waals surface area contributed by atoms with Crippen molar-refractivity contribution in [2.24, 2.45) is 5.92 Å². The average Bonchev–Trinajstić information content (AvgIpc) is 2.80. The van der Waals surface area contributed by atoms with Crippen molar-refractivity contribution < 1.29 is 13.5 Å². The fourth-order valence-electron chi connectivity index (χ4n) is 4.33. The Morgan fingerprint density at radius 1 is 1.09 bits per heavy atom. The number of nitrogens with zero attached hydrogens (tertiary/aromatic N) is 4. The summed E-state index contributed by atoms with van der Waals surface area (Å²) in [6, 6.07) is 5.40. The van der Waals surface area contributed by atoms with Gasteiger partial charge in [0.15, 0.2) is 0 Å². The Morgan fingerprint density at radius 2 is 1.81 bits per heavy atom. The minimum Gasteiger partial charge on any atom is -0.396 e. The molecule has 2 aliphatic rings. The molecule has 0 atom stereocenters. The van der Waals surface area contributed by atoms with Gasteiger partial charge in [-0.3, -0.25) is 4.98 Å². The van der Waals surface area contributed by atoms with Crippen molar-refractivity contribution in [3.05, 3.63) is 35.7 Å². The number of pyridine rings is 2. The van der Waals surface area contributed by atoms with E-state index in [4.69, 9.17) is 11.6 Å². The third kappa shape index (κ3) is 5.23. The third-order valence-corrected chi connectivity index (χ3v) is 8.54. The lowest BCUT2D eigenvalue weighted by Gasteiger charge is -2.31. The molecule has 0 bridgehead atoms. The van der Waals surface area contributed by atoms with Crippen molar-refractivity contribution in [1.82, 2.24) is 19.2 Å². The number of sulfonamides is 1. The summed E-state index contributed by atoms with van der Waals surface area (Å²) >= 11 is 6.16. The number of piperazine rings is 1. The van der Waals surface area contributed by atoms with Gasteiger partial charge in [-0.15, -0.1) is 0 Å². The third-order valence-electron chi connectivity index (χ3n) is 6.45. The molecular formula is C22H30ClN5O3S. The van der Waals surface area contributed by atoms with E-state index in [9.17, 15) is 13.5 Å². The second-order valence-corrected chi connectivity index (χ2v) is 11.0. The smallest absolute Gasteiger partial charge is 0.244 e. The van der Waals surface area contributed by atoms with Crippen LogP contribution in [0.15, 0.2) is 35.5 Å². The standard InChI is InChI=1S/C22H30ClN5O3S/c1-27-8-10-28(11-9-27)32(30,31)18-6-7-20(24-13-18)19-14-25-22(23)12-21(19)26-17-4-2-16(15-29)3-5-17/h6-7,12-14,16-17,29H,2-5,8-11,15H2,1H3,(H,25,26). The first kappa shape index (κ1) is 23.4. The van der Waals surface area contributed by atoms with E-state index in [1.54, 1.807) is 24.4 Å². The van der Waals surface area contributed by atoms with Gasteiger partial charge in [0, 0.05) is 62.5 Å². The van der Waals surface area contributed by atoms with Gasteiger partial charge >= 0.3 is 0 Å². The summed E-state index contributed by atoms with van der Waals surface area (Å²) in [5, 5.41) is 13.3. The first-order chi connectivity index (χ1) is 15.4. The number of halogens is 1.